The summed E-state index contributed by atoms with van der Waals surface area (Å²) in [5, 5.41) is 3.04. The third-order valence-corrected chi connectivity index (χ3v) is 4.53. The Hall–Kier alpha value is -1.39. The van der Waals surface area contributed by atoms with E-state index in [2.05, 4.69) is 47.5 Å². The Labute approximate surface area is 134 Å². The Balaban J connectivity index is 1.88. The van der Waals surface area contributed by atoms with Crippen LogP contribution >= 0.6 is 0 Å². The Morgan fingerprint density at radius 3 is 2.86 bits per heavy atom. The normalized spacial score (nSPS) is 20.5. The number of hydrogen-bond donors (Lipinski definition) is 2. The van der Waals surface area contributed by atoms with Crippen molar-refractivity contribution in [2.45, 2.75) is 44.6 Å². The lowest BCUT2D eigenvalue weighted by Crippen LogP contribution is -2.48. The molecule has 4 heteroatoms. The smallest absolute Gasteiger partial charge is 0.221 e. The average Bonchev–Trinajstić information content (AvgIpc) is 2.55. The molecule has 22 heavy (non-hydrogen) atoms. The molecule has 2 atom stereocenters. The number of nitrogens with one attached hydrogen (secondary N) is 1. The summed E-state index contributed by atoms with van der Waals surface area (Å²) in [5.74, 6) is 0.589. The van der Waals surface area contributed by atoms with Crippen LogP contribution in [0.5, 0.6) is 0 Å². The molecule has 2 unspecified atom stereocenters. The molecule has 0 bridgehead atoms. The summed E-state index contributed by atoms with van der Waals surface area (Å²) >= 11 is 0. The number of benzene rings is 1. The van der Waals surface area contributed by atoms with Crippen molar-refractivity contribution in [2.75, 3.05) is 26.2 Å². The first-order valence-electron chi connectivity index (χ1n) is 8.46. The second-order valence-electron chi connectivity index (χ2n) is 6.30. The molecular formula is C18H29N3O. The molecule has 1 saturated heterocycles. The third-order valence-electron chi connectivity index (χ3n) is 4.53. The molecule has 3 N–H and O–H groups in total. The van der Waals surface area contributed by atoms with Crippen LogP contribution in [0.25, 0.3) is 0 Å². The Bertz CT molecular complexity index is 449. The topological polar surface area (TPSA) is 58.4 Å². The lowest BCUT2D eigenvalue weighted by Gasteiger charge is -2.37. The maximum Gasteiger partial charge on any atom is 0.221 e. The predicted molar refractivity (Wildman–Crippen MR) is 90.8 cm³/mol. The van der Waals surface area contributed by atoms with Gasteiger partial charge in [-0.1, -0.05) is 43.7 Å². The van der Waals surface area contributed by atoms with E-state index in [0.717, 1.165) is 19.6 Å². The monoisotopic (exact) mass is 303 g/mol. The highest BCUT2D eigenvalue weighted by atomic mass is 16.1. The molecule has 1 aromatic rings. The second-order valence-corrected chi connectivity index (χ2v) is 6.30. The van der Waals surface area contributed by atoms with Gasteiger partial charge in [0.2, 0.25) is 5.91 Å². The van der Waals surface area contributed by atoms with Crippen molar-refractivity contribution in [3.8, 4) is 0 Å². The van der Waals surface area contributed by atoms with E-state index < -0.39 is 0 Å². The summed E-state index contributed by atoms with van der Waals surface area (Å²) in [7, 11) is 0. The van der Waals surface area contributed by atoms with Crippen molar-refractivity contribution in [2.24, 2.45) is 5.73 Å². The number of carbonyl (C=O) groups excluding carboxylic acids is 1. The lowest BCUT2D eigenvalue weighted by molar-refractivity contribution is -0.121. The standard InChI is InChI=1S/C18H29N3O/c1-15(16-7-3-2-4-8-16)14-21-12-6-5-9-17(21)13-20-18(22)10-11-19/h2-4,7-8,15,17H,5-6,9-14,19H2,1H3,(H,20,22). The van der Waals surface area contributed by atoms with Gasteiger partial charge in [-0.15, -0.1) is 0 Å². The molecule has 0 spiro atoms. The molecular weight excluding hydrogens is 274 g/mol. The van der Waals surface area contributed by atoms with Gasteiger partial charge in [0.05, 0.1) is 0 Å². The third kappa shape index (κ3) is 5.11. The van der Waals surface area contributed by atoms with Gasteiger partial charge in [-0.05, 0) is 30.9 Å². The molecule has 0 aromatic heterocycles. The van der Waals surface area contributed by atoms with Gasteiger partial charge in [-0.25, -0.2) is 0 Å². The van der Waals surface area contributed by atoms with Gasteiger partial charge in [0.25, 0.3) is 0 Å². The van der Waals surface area contributed by atoms with Gasteiger partial charge in [0.1, 0.15) is 0 Å². The maximum atomic E-state index is 11.6. The number of piperidine rings is 1. The molecule has 0 aliphatic carbocycles. The van der Waals surface area contributed by atoms with Gasteiger partial charge in [-0.3, -0.25) is 9.69 Å². The Kier molecular flexibility index (Phi) is 6.87. The van der Waals surface area contributed by atoms with Crippen LogP contribution in [0, 0.1) is 0 Å². The molecule has 1 fully saturated rings. The number of hydrogen-bond acceptors (Lipinski definition) is 3. The summed E-state index contributed by atoms with van der Waals surface area (Å²) in [5.41, 5.74) is 6.81. The number of carbonyl (C=O) groups is 1. The van der Waals surface area contributed by atoms with E-state index in [0.29, 0.717) is 24.9 Å². The molecule has 1 aliphatic heterocycles. The summed E-state index contributed by atoms with van der Waals surface area (Å²) in [6.07, 6.45) is 4.11. The fraction of sp³-hybridized carbons (Fsp3) is 0.611. The fourth-order valence-corrected chi connectivity index (χ4v) is 3.22. The molecule has 0 saturated carbocycles. The van der Waals surface area contributed by atoms with Crippen molar-refractivity contribution in [3.63, 3.8) is 0 Å². The van der Waals surface area contributed by atoms with Crippen LogP contribution in [0.3, 0.4) is 0 Å². The zero-order valence-corrected chi connectivity index (χ0v) is 13.6. The number of nitrogens with two attached hydrogens (primary N) is 1. The maximum absolute atomic E-state index is 11.6. The minimum absolute atomic E-state index is 0.0733. The zero-order valence-electron chi connectivity index (χ0n) is 13.6. The quantitative estimate of drug-likeness (QED) is 0.811. The minimum atomic E-state index is 0.0733. The van der Waals surface area contributed by atoms with Crippen molar-refractivity contribution >= 4 is 5.91 Å². The lowest BCUT2D eigenvalue weighted by atomic mass is 9.96. The van der Waals surface area contributed by atoms with Gasteiger partial charge < -0.3 is 11.1 Å². The van der Waals surface area contributed by atoms with Crippen LogP contribution in [0.4, 0.5) is 0 Å². The van der Waals surface area contributed by atoms with Crippen LogP contribution in [0.15, 0.2) is 30.3 Å². The van der Waals surface area contributed by atoms with Crippen molar-refractivity contribution in [3.05, 3.63) is 35.9 Å². The van der Waals surface area contributed by atoms with Crippen molar-refractivity contribution in [1.82, 2.24) is 10.2 Å². The number of amides is 1. The first kappa shape index (κ1) is 17.0. The molecule has 4 nitrogen and oxygen atoms in total. The Morgan fingerprint density at radius 2 is 2.14 bits per heavy atom. The Morgan fingerprint density at radius 1 is 1.36 bits per heavy atom. The molecule has 122 valence electrons. The summed E-state index contributed by atoms with van der Waals surface area (Å²) in [4.78, 5) is 14.2. The highest BCUT2D eigenvalue weighted by Gasteiger charge is 2.24. The van der Waals surface area contributed by atoms with Crippen LogP contribution in [-0.2, 0) is 4.79 Å². The van der Waals surface area contributed by atoms with Crippen LogP contribution < -0.4 is 11.1 Å². The summed E-state index contributed by atoms with van der Waals surface area (Å²) in [6.45, 7) is 5.65. The van der Waals surface area contributed by atoms with Gasteiger partial charge in [-0.2, -0.15) is 0 Å². The molecule has 0 radical (unpaired) electrons. The largest absolute Gasteiger partial charge is 0.354 e. The van der Waals surface area contributed by atoms with E-state index in [1.54, 1.807) is 0 Å². The highest BCUT2D eigenvalue weighted by Crippen LogP contribution is 2.22. The van der Waals surface area contributed by atoms with E-state index in [1.165, 1.54) is 24.8 Å². The van der Waals surface area contributed by atoms with Gasteiger partial charge in [0.15, 0.2) is 0 Å². The number of rotatable bonds is 7. The first-order valence-corrected chi connectivity index (χ1v) is 8.46. The number of nitrogens with zero attached hydrogens (tertiary/aromatic N) is 1. The number of likely N-dealkylation sites (tertiary alicyclic amines) is 1. The first-order chi connectivity index (χ1) is 10.7. The predicted octanol–water partition coefficient (Wildman–Crippen LogP) is 2.11. The van der Waals surface area contributed by atoms with Crippen molar-refractivity contribution < 1.29 is 4.79 Å². The average molecular weight is 303 g/mol. The van der Waals surface area contributed by atoms with E-state index >= 15 is 0 Å². The van der Waals surface area contributed by atoms with E-state index in [9.17, 15) is 4.79 Å². The van der Waals surface area contributed by atoms with Gasteiger partial charge >= 0.3 is 0 Å². The summed E-state index contributed by atoms with van der Waals surface area (Å²) < 4.78 is 0. The molecule has 1 amide bonds. The van der Waals surface area contributed by atoms with E-state index in [-0.39, 0.29) is 5.91 Å². The molecule has 2 rings (SSSR count). The van der Waals surface area contributed by atoms with E-state index in [4.69, 9.17) is 5.73 Å². The molecule has 1 aromatic carbocycles. The van der Waals surface area contributed by atoms with Crippen LogP contribution in [0.2, 0.25) is 0 Å². The minimum Gasteiger partial charge on any atom is -0.354 e. The van der Waals surface area contributed by atoms with Crippen LogP contribution in [-0.4, -0.2) is 43.0 Å². The zero-order chi connectivity index (χ0) is 15.8. The van der Waals surface area contributed by atoms with Crippen molar-refractivity contribution in [1.29, 1.82) is 0 Å². The SMILES string of the molecule is CC(CN1CCCCC1CNC(=O)CCN)c1ccccc1. The van der Waals surface area contributed by atoms with Gasteiger partial charge in [0, 0.05) is 32.1 Å². The second kappa shape index (κ2) is 8.91. The summed E-state index contributed by atoms with van der Waals surface area (Å²) in [6, 6.07) is 11.1. The molecule has 1 heterocycles. The highest BCUT2D eigenvalue weighted by molar-refractivity contribution is 5.76. The van der Waals surface area contributed by atoms with Crippen LogP contribution in [0.1, 0.15) is 44.1 Å². The fourth-order valence-electron chi connectivity index (χ4n) is 3.22. The molecule has 1 aliphatic rings. The van der Waals surface area contributed by atoms with E-state index in [1.807, 2.05) is 0 Å².